The number of nitrogens with two attached hydrogens (primary N) is 1. The molecule has 3 rings (SSSR count). The van der Waals surface area contributed by atoms with Gasteiger partial charge in [-0.2, -0.15) is 5.10 Å². The zero-order valence-electron chi connectivity index (χ0n) is 11.5. The normalized spacial score (nSPS) is 10.9. The van der Waals surface area contributed by atoms with Crippen LogP contribution in [0.25, 0.3) is 11.0 Å². The molecule has 6 nitrogen and oxygen atoms in total. The molecule has 2 heterocycles. The molecule has 1 aromatic carbocycles. The van der Waals surface area contributed by atoms with Gasteiger partial charge in [-0.15, -0.1) is 5.10 Å². The Hall–Kier alpha value is -2.18. The van der Waals surface area contributed by atoms with E-state index in [1.807, 2.05) is 12.1 Å². The fraction of sp³-hybridized carbons (Fsp3) is 0.143. The molecule has 112 valence electrons. The number of nitrogen functional groups attached to an aromatic ring is 1. The highest BCUT2D eigenvalue weighted by atomic mass is 35.5. The number of halogens is 2. The number of nitrogens with zero attached hydrogens (tertiary/aromatic N) is 4. The number of fused-ring (bicyclic) bond motifs is 1. The van der Waals surface area contributed by atoms with E-state index >= 15 is 0 Å². The lowest BCUT2D eigenvalue weighted by atomic mass is 10.1. The summed E-state index contributed by atoms with van der Waals surface area (Å²) in [6, 6.07) is 5.50. The van der Waals surface area contributed by atoms with Crippen LogP contribution >= 0.6 is 23.2 Å². The maximum atomic E-state index is 6.13. The summed E-state index contributed by atoms with van der Waals surface area (Å²) in [6.07, 6.45) is 1.91. The predicted octanol–water partition coefficient (Wildman–Crippen LogP) is 2.91. The third kappa shape index (κ3) is 2.75. The Bertz CT molecular complexity index is 856. The van der Waals surface area contributed by atoms with E-state index in [4.69, 9.17) is 33.7 Å². The molecule has 0 aliphatic rings. The Morgan fingerprint density at radius 2 is 2.00 bits per heavy atom. The molecule has 0 unspecified atom stereocenters. The van der Waals surface area contributed by atoms with Crippen LogP contribution in [-0.2, 0) is 6.42 Å². The van der Waals surface area contributed by atoms with Gasteiger partial charge >= 0.3 is 0 Å². The lowest BCUT2D eigenvalue weighted by molar-refractivity contribution is 0.415. The highest BCUT2D eigenvalue weighted by Gasteiger charge is 2.12. The number of methoxy groups -OCH3 is 1. The molecule has 0 fully saturated rings. The summed E-state index contributed by atoms with van der Waals surface area (Å²) in [7, 11) is 1.57. The van der Waals surface area contributed by atoms with Crippen LogP contribution < -0.4 is 10.5 Å². The summed E-state index contributed by atoms with van der Waals surface area (Å²) in [5.74, 6) is 0.909. The summed E-state index contributed by atoms with van der Waals surface area (Å²) in [5, 5.41) is 8.72. The number of rotatable bonds is 3. The van der Waals surface area contributed by atoms with Crippen molar-refractivity contribution in [3.63, 3.8) is 0 Å². The van der Waals surface area contributed by atoms with Crippen molar-refractivity contribution in [2.24, 2.45) is 0 Å². The van der Waals surface area contributed by atoms with Gasteiger partial charge in [0.05, 0.1) is 24.0 Å². The molecule has 0 aliphatic heterocycles. The zero-order valence-corrected chi connectivity index (χ0v) is 13.1. The molecule has 22 heavy (non-hydrogen) atoms. The van der Waals surface area contributed by atoms with E-state index in [0.29, 0.717) is 39.7 Å². The fourth-order valence-corrected chi connectivity index (χ4v) is 2.54. The van der Waals surface area contributed by atoms with Gasteiger partial charge in [0.1, 0.15) is 22.6 Å². The van der Waals surface area contributed by atoms with Gasteiger partial charge in [0, 0.05) is 6.42 Å². The Labute approximate surface area is 136 Å². The molecule has 8 heteroatoms. The second-order valence-corrected chi connectivity index (χ2v) is 5.34. The molecule has 2 aromatic heterocycles. The van der Waals surface area contributed by atoms with Crippen LogP contribution in [0.15, 0.2) is 24.4 Å². The number of ether oxygens (including phenoxy) is 1. The monoisotopic (exact) mass is 335 g/mol. The topological polar surface area (TPSA) is 86.8 Å². The molecule has 0 atom stereocenters. The van der Waals surface area contributed by atoms with Crippen LogP contribution in [0.3, 0.4) is 0 Å². The Morgan fingerprint density at radius 1 is 1.18 bits per heavy atom. The molecule has 3 aromatic rings. The van der Waals surface area contributed by atoms with E-state index in [1.165, 1.54) is 6.20 Å². The second-order valence-electron chi connectivity index (χ2n) is 4.58. The van der Waals surface area contributed by atoms with E-state index in [1.54, 1.807) is 13.2 Å². The summed E-state index contributed by atoms with van der Waals surface area (Å²) in [6.45, 7) is 0. The maximum Gasteiger partial charge on any atom is 0.179 e. The first-order chi connectivity index (χ1) is 10.6. The number of anilines is 1. The van der Waals surface area contributed by atoms with Crippen molar-refractivity contribution in [2.45, 2.75) is 6.42 Å². The van der Waals surface area contributed by atoms with Crippen LogP contribution in [0.1, 0.15) is 11.3 Å². The van der Waals surface area contributed by atoms with Crippen molar-refractivity contribution in [2.75, 3.05) is 12.8 Å². The summed E-state index contributed by atoms with van der Waals surface area (Å²) in [4.78, 5) is 8.42. The minimum Gasteiger partial charge on any atom is -0.495 e. The molecule has 0 spiro atoms. The van der Waals surface area contributed by atoms with E-state index in [-0.39, 0.29) is 5.15 Å². The Kier molecular flexibility index (Phi) is 3.96. The van der Waals surface area contributed by atoms with Crippen LogP contribution in [0, 0.1) is 0 Å². The lowest BCUT2D eigenvalue weighted by Crippen LogP contribution is -2.02. The van der Waals surface area contributed by atoms with Crippen molar-refractivity contribution in [3.8, 4) is 5.75 Å². The standard InChI is InChI=1S/C14H11Cl2N5O/c1-22-10-3-2-7(4-8(10)15)5-9-12-13(14(16)21-20-9)18-6-11(17)19-12/h2-4,6H,5H2,1H3,(H2,17,19). The van der Waals surface area contributed by atoms with Crippen LogP contribution in [0.4, 0.5) is 5.82 Å². The molecule has 0 saturated carbocycles. The van der Waals surface area contributed by atoms with Crippen molar-refractivity contribution in [1.82, 2.24) is 20.2 Å². The van der Waals surface area contributed by atoms with Gasteiger partial charge in [0.25, 0.3) is 0 Å². The smallest absolute Gasteiger partial charge is 0.179 e. The lowest BCUT2D eigenvalue weighted by Gasteiger charge is -2.08. The van der Waals surface area contributed by atoms with Crippen molar-refractivity contribution in [1.29, 1.82) is 0 Å². The summed E-state index contributed by atoms with van der Waals surface area (Å²) < 4.78 is 5.14. The van der Waals surface area contributed by atoms with E-state index in [9.17, 15) is 0 Å². The van der Waals surface area contributed by atoms with Gasteiger partial charge in [-0.3, -0.25) is 0 Å². The number of hydrogen-bond donors (Lipinski definition) is 1. The predicted molar refractivity (Wildman–Crippen MR) is 85.4 cm³/mol. The van der Waals surface area contributed by atoms with E-state index in [2.05, 4.69) is 20.2 Å². The fourth-order valence-electron chi connectivity index (χ4n) is 2.09. The molecule has 0 aliphatic carbocycles. The minimum absolute atomic E-state index is 0.194. The Balaban J connectivity index is 2.05. The van der Waals surface area contributed by atoms with Gasteiger partial charge in [-0.25, -0.2) is 9.97 Å². The van der Waals surface area contributed by atoms with Gasteiger partial charge in [0.15, 0.2) is 5.15 Å². The highest BCUT2D eigenvalue weighted by molar-refractivity contribution is 6.33. The van der Waals surface area contributed by atoms with Gasteiger partial charge < -0.3 is 10.5 Å². The van der Waals surface area contributed by atoms with E-state index < -0.39 is 0 Å². The highest BCUT2D eigenvalue weighted by Crippen LogP contribution is 2.27. The van der Waals surface area contributed by atoms with Crippen molar-refractivity contribution >= 4 is 40.1 Å². The molecular weight excluding hydrogens is 325 g/mol. The molecule has 0 saturated heterocycles. The minimum atomic E-state index is 0.194. The molecule has 0 amide bonds. The van der Waals surface area contributed by atoms with Gasteiger partial charge in [0.2, 0.25) is 0 Å². The van der Waals surface area contributed by atoms with Gasteiger partial charge in [-0.05, 0) is 17.7 Å². The average Bonchev–Trinajstić information content (AvgIpc) is 2.50. The maximum absolute atomic E-state index is 6.13. The number of hydrogen-bond acceptors (Lipinski definition) is 6. The molecular formula is C14H11Cl2N5O. The summed E-state index contributed by atoms with van der Waals surface area (Å²) in [5.41, 5.74) is 8.27. The first-order valence-electron chi connectivity index (χ1n) is 6.34. The Morgan fingerprint density at radius 3 is 2.73 bits per heavy atom. The van der Waals surface area contributed by atoms with Crippen LogP contribution in [-0.4, -0.2) is 27.3 Å². The van der Waals surface area contributed by atoms with Crippen molar-refractivity contribution in [3.05, 3.63) is 45.8 Å². The van der Waals surface area contributed by atoms with Gasteiger partial charge in [-0.1, -0.05) is 29.3 Å². The largest absolute Gasteiger partial charge is 0.495 e. The zero-order chi connectivity index (χ0) is 15.7. The third-order valence-corrected chi connectivity index (χ3v) is 3.66. The molecule has 2 N–H and O–H groups in total. The van der Waals surface area contributed by atoms with Crippen LogP contribution in [0.2, 0.25) is 10.2 Å². The molecule has 0 bridgehead atoms. The number of benzene rings is 1. The first kappa shape index (κ1) is 14.7. The first-order valence-corrected chi connectivity index (χ1v) is 7.09. The molecule has 0 radical (unpaired) electrons. The second kappa shape index (κ2) is 5.90. The third-order valence-electron chi connectivity index (χ3n) is 3.11. The average molecular weight is 336 g/mol. The van der Waals surface area contributed by atoms with Crippen LogP contribution in [0.5, 0.6) is 5.75 Å². The SMILES string of the molecule is COc1ccc(Cc2nnc(Cl)c3ncc(N)nc23)cc1Cl. The van der Waals surface area contributed by atoms with Crippen molar-refractivity contribution < 1.29 is 4.74 Å². The quantitative estimate of drug-likeness (QED) is 0.791. The van der Waals surface area contributed by atoms with E-state index in [0.717, 1.165) is 5.56 Å². The summed E-state index contributed by atoms with van der Waals surface area (Å²) >= 11 is 12.1. The number of aromatic nitrogens is 4.